The Hall–Kier alpha value is -1.15. The molecule has 1 N–H and O–H groups in total. The molecule has 2 nitrogen and oxygen atoms in total. The van der Waals surface area contributed by atoms with Gasteiger partial charge in [0.2, 0.25) is 0 Å². The molecule has 16 heavy (non-hydrogen) atoms. The number of aryl methyl sites for hydroxylation is 1. The van der Waals surface area contributed by atoms with Gasteiger partial charge in [0.25, 0.3) is 0 Å². The molecule has 0 amide bonds. The highest BCUT2D eigenvalue weighted by molar-refractivity contribution is 5.94. The lowest BCUT2D eigenvalue weighted by Crippen LogP contribution is -2.25. The summed E-state index contributed by atoms with van der Waals surface area (Å²) in [6, 6.07) is 7.12. The number of nitrogens with zero attached hydrogens (tertiary/aromatic N) is 1. The lowest BCUT2D eigenvalue weighted by Gasteiger charge is -2.06. The van der Waals surface area contributed by atoms with Gasteiger partial charge in [0.15, 0.2) is 0 Å². The molecule has 1 aliphatic heterocycles. The Labute approximate surface area is 97.8 Å². The van der Waals surface area contributed by atoms with Crippen LogP contribution < -0.4 is 5.32 Å². The second-order valence-corrected chi connectivity index (χ2v) is 4.85. The van der Waals surface area contributed by atoms with Crippen molar-refractivity contribution in [3.63, 3.8) is 0 Å². The van der Waals surface area contributed by atoms with Gasteiger partial charge in [-0.25, -0.2) is 0 Å². The molecule has 0 radical (unpaired) electrons. The number of aliphatic imine (C=N–C) groups is 1. The Bertz CT molecular complexity index is 405. The van der Waals surface area contributed by atoms with Gasteiger partial charge in [-0.2, -0.15) is 0 Å². The summed E-state index contributed by atoms with van der Waals surface area (Å²) in [5.74, 6) is 0. The van der Waals surface area contributed by atoms with E-state index in [4.69, 9.17) is 0 Å². The Morgan fingerprint density at radius 3 is 2.94 bits per heavy atom. The van der Waals surface area contributed by atoms with Crippen LogP contribution in [0.2, 0.25) is 0 Å². The van der Waals surface area contributed by atoms with Gasteiger partial charge in [0.1, 0.15) is 0 Å². The molecule has 0 fully saturated rings. The molecule has 0 unspecified atom stereocenters. The number of fused-ring (bicyclic) bond motifs is 1. The van der Waals surface area contributed by atoms with Gasteiger partial charge in [-0.15, -0.1) is 0 Å². The molecule has 1 heterocycles. The summed E-state index contributed by atoms with van der Waals surface area (Å²) < 4.78 is 0. The standard InChI is InChI=1S/C14H20N2/c1-10(2)15-7-6-13-9-12-5-4-11(3)8-14(12)16-13/h4-5,8,10,15H,6-7,9H2,1-3H3. The van der Waals surface area contributed by atoms with Crippen LogP contribution in [0.5, 0.6) is 0 Å². The van der Waals surface area contributed by atoms with Crippen LogP contribution in [0.25, 0.3) is 0 Å². The minimum absolute atomic E-state index is 0.562. The molecular formula is C14H20N2. The van der Waals surface area contributed by atoms with Crippen LogP contribution in [0, 0.1) is 6.92 Å². The summed E-state index contributed by atoms with van der Waals surface area (Å²) in [6.45, 7) is 7.50. The molecule has 0 bridgehead atoms. The minimum Gasteiger partial charge on any atom is -0.314 e. The summed E-state index contributed by atoms with van der Waals surface area (Å²) >= 11 is 0. The Kier molecular flexibility index (Phi) is 3.39. The second kappa shape index (κ2) is 4.79. The molecule has 0 atom stereocenters. The van der Waals surface area contributed by atoms with Gasteiger partial charge in [-0.05, 0) is 30.5 Å². The zero-order chi connectivity index (χ0) is 11.5. The topological polar surface area (TPSA) is 24.4 Å². The highest BCUT2D eigenvalue weighted by Gasteiger charge is 2.13. The molecule has 1 aromatic carbocycles. The number of rotatable bonds is 4. The smallest absolute Gasteiger partial charge is 0.0667 e. The van der Waals surface area contributed by atoms with E-state index in [2.05, 4.69) is 49.3 Å². The molecule has 0 aliphatic carbocycles. The average Bonchev–Trinajstić information content (AvgIpc) is 2.58. The predicted octanol–water partition coefficient (Wildman–Crippen LogP) is 3.01. The van der Waals surface area contributed by atoms with Gasteiger partial charge >= 0.3 is 0 Å². The van der Waals surface area contributed by atoms with Crippen molar-refractivity contribution in [3.8, 4) is 0 Å². The molecule has 1 aliphatic rings. The maximum absolute atomic E-state index is 4.69. The van der Waals surface area contributed by atoms with E-state index in [9.17, 15) is 0 Å². The maximum Gasteiger partial charge on any atom is 0.0667 e. The normalized spacial score (nSPS) is 14.1. The number of hydrogen-bond acceptors (Lipinski definition) is 2. The molecule has 0 saturated carbocycles. The fourth-order valence-electron chi connectivity index (χ4n) is 2.01. The third-order valence-electron chi connectivity index (χ3n) is 2.88. The van der Waals surface area contributed by atoms with Gasteiger partial charge < -0.3 is 5.32 Å². The third kappa shape index (κ3) is 2.70. The van der Waals surface area contributed by atoms with Crippen molar-refractivity contribution in [3.05, 3.63) is 29.3 Å². The van der Waals surface area contributed by atoms with E-state index in [1.54, 1.807) is 0 Å². The molecule has 86 valence electrons. The lowest BCUT2D eigenvalue weighted by atomic mass is 10.1. The van der Waals surface area contributed by atoms with Crippen LogP contribution in [0.1, 0.15) is 31.4 Å². The van der Waals surface area contributed by atoms with E-state index in [0.29, 0.717) is 6.04 Å². The van der Waals surface area contributed by atoms with E-state index in [-0.39, 0.29) is 0 Å². The summed E-state index contributed by atoms with van der Waals surface area (Å²) in [7, 11) is 0. The van der Waals surface area contributed by atoms with Crippen molar-refractivity contribution in [2.75, 3.05) is 6.54 Å². The number of hydrogen-bond donors (Lipinski definition) is 1. The zero-order valence-electron chi connectivity index (χ0n) is 10.4. The number of benzene rings is 1. The third-order valence-corrected chi connectivity index (χ3v) is 2.88. The molecule has 1 aromatic rings. The summed E-state index contributed by atoms with van der Waals surface area (Å²) in [5, 5.41) is 3.43. The molecule has 2 heteroatoms. The first-order chi connectivity index (χ1) is 7.65. The Morgan fingerprint density at radius 2 is 2.19 bits per heavy atom. The summed E-state index contributed by atoms with van der Waals surface area (Å²) in [4.78, 5) is 4.69. The highest BCUT2D eigenvalue weighted by atomic mass is 14.9. The van der Waals surface area contributed by atoms with Crippen LogP contribution in [0.15, 0.2) is 23.2 Å². The fourth-order valence-corrected chi connectivity index (χ4v) is 2.01. The van der Waals surface area contributed by atoms with Crippen LogP contribution in [0.3, 0.4) is 0 Å². The van der Waals surface area contributed by atoms with Gasteiger partial charge in [-0.1, -0.05) is 26.0 Å². The molecule has 2 rings (SSSR count). The monoisotopic (exact) mass is 216 g/mol. The van der Waals surface area contributed by atoms with E-state index < -0.39 is 0 Å². The van der Waals surface area contributed by atoms with Gasteiger partial charge in [0.05, 0.1) is 5.69 Å². The van der Waals surface area contributed by atoms with Crippen LogP contribution >= 0.6 is 0 Å². The molecule has 0 saturated heterocycles. The Balaban J connectivity index is 1.94. The summed E-state index contributed by atoms with van der Waals surface area (Å²) in [6.07, 6.45) is 2.10. The maximum atomic E-state index is 4.69. The predicted molar refractivity (Wildman–Crippen MR) is 69.7 cm³/mol. The van der Waals surface area contributed by atoms with Crippen molar-refractivity contribution in [2.45, 2.75) is 39.7 Å². The van der Waals surface area contributed by atoms with Crippen LogP contribution in [-0.4, -0.2) is 18.3 Å². The highest BCUT2D eigenvalue weighted by Crippen LogP contribution is 2.28. The summed E-state index contributed by atoms with van der Waals surface area (Å²) in [5.41, 5.74) is 5.17. The lowest BCUT2D eigenvalue weighted by molar-refractivity contribution is 0.599. The minimum atomic E-state index is 0.562. The molecule has 0 aromatic heterocycles. The average molecular weight is 216 g/mol. The first kappa shape index (κ1) is 11.3. The SMILES string of the molecule is Cc1ccc2c(c1)N=C(CCNC(C)C)C2. The van der Waals surface area contributed by atoms with E-state index >= 15 is 0 Å². The first-order valence-electron chi connectivity index (χ1n) is 6.04. The van der Waals surface area contributed by atoms with E-state index in [1.165, 1.54) is 22.5 Å². The molecular weight excluding hydrogens is 196 g/mol. The first-order valence-corrected chi connectivity index (χ1v) is 6.04. The van der Waals surface area contributed by atoms with Crippen molar-refractivity contribution in [2.24, 2.45) is 4.99 Å². The van der Waals surface area contributed by atoms with Crippen LogP contribution in [0.4, 0.5) is 5.69 Å². The molecule has 0 spiro atoms. The van der Waals surface area contributed by atoms with E-state index in [1.807, 2.05) is 0 Å². The van der Waals surface area contributed by atoms with Crippen molar-refractivity contribution < 1.29 is 0 Å². The Morgan fingerprint density at radius 1 is 1.38 bits per heavy atom. The van der Waals surface area contributed by atoms with Crippen LogP contribution in [-0.2, 0) is 6.42 Å². The van der Waals surface area contributed by atoms with Gasteiger partial charge in [-0.3, -0.25) is 4.99 Å². The van der Waals surface area contributed by atoms with Crippen molar-refractivity contribution in [1.29, 1.82) is 0 Å². The van der Waals surface area contributed by atoms with Gasteiger partial charge in [0, 0.05) is 24.7 Å². The quantitative estimate of drug-likeness (QED) is 0.822. The number of nitrogens with one attached hydrogen (secondary N) is 1. The largest absolute Gasteiger partial charge is 0.314 e. The zero-order valence-corrected chi connectivity index (χ0v) is 10.4. The van der Waals surface area contributed by atoms with E-state index in [0.717, 1.165) is 19.4 Å². The second-order valence-electron chi connectivity index (χ2n) is 4.85. The fraction of sp³-hybridized carbons (Fsp3) is 0.500. The van der Waals surface area contributed by atoms with Crippen molar-refractivity contribution >= 4 is 11.4 Å². The van der Waals surface area contributed by atoms with Crippen molar-refractivity contribution in [1.82, 2.24) is 5.32 Å².